The average molecular weight is 1080 g/mol. The van der Waals surface area contributed by atoms with Crippen molar-refractivity contribution in [3.63, 3.8) is 0 Å². The van der Waals surface area contributed by atoms with Crippen LogP contribution in [0.4, 0.5) is 52.7 Å². The smallest absolute Gasteiger partial charge is 0.463 e. The maximum atomic E-state index is 14.2. The van der Waals surface area contributed by atoms with Crippen LogP contribution in [0.15, 0.2) is 65.7 Å². The molecule has 2 atom stereocenters. The standard InChI is InChI=1S/C17H14F6N4O2.C14H18BF4NO3.C9H8BrF2N3O.2CH4/c1-3-28-17(22,23)15-26-25-13-5-4-10(8-27(13)15)11-6-12(18)14(24-7-11)29-9(2)16(19,20)21;1-8(14(17,18)19)21-11-10(16)6-9(7-20-11)15-22-12(2,3)13(4,5)23-15;1-2-16-9(11,12)8-14-13-7-4-3-6(10)5-15(7)8;;/h4-9H,3H2,1-2H3;6-8H,1-5H3;3-5H,2H2,1H3;2*1H4/t9-;8-;;;/m00.../s1. The predicted molar refractivity (Wildman–Crippen MR) is 234 cm³/mol. The summed E-state index contributed by atoms with van der Waals surface area (Å²) in [5, 5.41) is 14.1. The molecule has 0 radical (unpaired) electrons. The second kappa shape index (κ2) is 22.4. The molecule has 0 spiro atoms. The number of aromatic nitrogens is 8. The summed E-state index contributed by atoms with van der Waals surface area (Å²) in [7, 11) is -0.851. The summed E-state index contributed by atoms with van der Waals surface area (Å²) in [6.45, 7) is 11.3. The zero-order valence-electron chi connectivity index (χ0n) is 36.9. The van der Waals surface area contributed by atoms with Crippen LogP contribution in [0.2, 0.25) is 0 Å². The van der Waals surface area contributed by atoms with Gasteiger partial charge in [-0.15, -0.1) is 20.4 Å². The van der Waals surface area contributed by atoms with Gasteiger partial charge in [0, 0.05) is 45.8 Å². The number of alkyl halides is 10. The summed E-state index contributed by atoms with van der Waals surface area (Å²) in [5.74, 6) is -4.98. The molecule has 7 heterocycles. The molecule has 1 fully saturated rings. The minimum atomic E-state index is -4.69. The Morgan fingerprint density at radius 3 is 1.49 bits per heavy atom. The lowest BCUT2D eigenvalue weighted by Gasteiger charge is -2.32. The molecule has 1 saturated heterocycles. The first kappa shape index (κ1) is 59.0. The number of nitrogens with zero attached hydrogens (tertiary/aromatic N) is 8. The largest absolute Gasteiger partial charge is 0.496 e. The molecule has 0 aromatic carbocycles. The second-order valence-electron chi connectivity index (χ2n) is 15.4. The lowest BCUT2D eigenvalue weighted by molar-refractivity contribution is -0.252. The van der Waals surface area contributed by atoms with Gasteiger partial charge in [0.05, 0.1) is 24.4 Å². The van der Waals surface area contributed by atoms with Crippen molar-refractivity contribution in [3.05, 3.63) is 88.9 Å². The van der Waals surface area contributed by atoms with Gasteiger partial charge in [-0.2, -0.15) is 43.9 Å². The summed E-state index contributed by atoms with van der Waals surface area (Å²) in [5.41, 5.74) is -0.160. The third kappa shape index (κ3) is 13.8. The van der Waals surface area contributed by atoms with E-state index in [1.54, 1.807) is 12.1 Å². The van der Waals surface area contributed by atoms with E-state index in [1.807, 2.05) is 27.7 Å². The Morgan fingerprint density at radius 2 is 1.06 bits per heavy atom. The molecular formula is C42H48BBrF12N8O6. The molecule has 14 nitrogen and oxygen atoms in total. The topological polar surface area (TPSA) is 142 Å². The second-order valence-corrected chi connectivity index (χ2v) is 16.3. The number of ether oxygens (including phenoxy) is 4. The average Bonchev–Trinajstić information content (AvgIpc) is 3.92. The molecule has 0 bridgehead atoms. The lowest BCUT2D eigenvalue weighted by Crippen LogP contribution is -2.41. The van der Waals surface area contributed by atoms with Gasteiger partial charge in [0.15, 0.2) is 35.1 Å². The monoisotopic (exact) mass is 1080 g/mol. The van der Waals surface area contributed by atoms with Crippen LogP contribution in [0.25, 0.3) is 22.4 Å². The van der Waals surface area contributed by atoms with Crippen LogP contribution >= 0.6 is 15.9 Å². The first-order valence-corrected chi connectivity index (χ1v) is 20.7. The number of fused-ring (bicyclic) bond motifs is 2. The highest BCUT2D eigenvalue weighted by Gasteiger charge is 2.52. The van der Waals surface area contributed by atoms with Crippen molar-refractivity contribution in [2.45, 2.75) is 118 Å². The van der Waals surface area contributed by atoms with Crippen LogP contribution in [0.1, 0.15) is 81.9 Å². The molecule has 1 aliphatic rings. The fourth-order valence-corrected chi connectivity index (χ4v) is 5.93. The van der Waals surface area contributed by atoms with Crippen LogP contribution in [0.3, 0.4) is 0 Å². The van der Waals surface area contributed by atoms with Crippen LogP contribution < -0.4 is 14.9 Å². The highest BCUT2D eigenvalue weighted by molar-refractivity contribution is 9.10. The first-order chi connectivity index (χ1) is 31.4. The van der Waals surface area contributed by atoms with Crippen LogP contribution in [0.5, 0.6) is 11.8 Å². The van der Waals surface area contributed by atoms with E-state index in [1.165, 1.54) is 49.0 Å². The van der Waals surface area contributed by atoms with E-state index in [2.05, 4.69) is 65.2 Å². The molecule has 28 heteroatoms. The number of halogens is 13. The van der Waals surface area contributed by atoms with Gasteiger partial charge in [0.1, 0.15) is 0 Å². The normalized spacial score (nSPS) is 15.5. The van der Waals surface area contributed by atoms with Crippen molar-refractivity contribution in [3.8, 4) is 22.9 Å². The minimum Gasteiger partial charge on any atom is -0.463 e. The van der Waals surface area contributed by atoms with E-state index in [9.17, 15) is 52.7 Å². The van der Waals surface area contributed by atoms with Crippen LogP contribution in [-0.2, 0) is 31.0 Å². The summed E-state index contributed by atoms with van der Waals surface area (Å²) >= 11 is 3.19. The van der Waals surface area contributed by atoms with Gasteiger partial charge in [0.2, 0.25) is 11.6 Å². The van der Waals surface area contributed by atoms with E-state index in [0.29, 0.717) is 10.1 Å². The molecule has 0 unspecified atom stereocenters. The Balaban J connectivity index is 0.000000285. The van der Waals surface area contributed by atoms with Crippen molar-refractivity contribution in [1.29, 1.82) is 0 Å². The van der Waals surface area contributed by atoms with Gasteiger partial charge in [-0.1, -0.05) is 14.9 Å². The highest BCUT2D eigenvalue weighted by Crippen LogP contribution is 2.37. The molecule has 386 valence electrons. The summed E-state index contributed by atoms with van der Waals surface area (Å²) < 4.78 is 190. The maximum absolute atomic E-state index is 14.2. The zero-order valence-corrected chi connectivity index (χ0v) is 38.4. The number of pyridine rings is 4. The van der Waals surface area contributed by atoms with Crippen LogP contribution in [0, 0.1) is 11.6 Å². The molecule has 6 aromatic heterocycles. The number of hydrogen-bond donors (Lipinski definition) is 0. The van der Waals surface area contributed by atoms with Crippen molar-refractivity contribution >= 4 is 39.8 Å². The van der Waals surface area contributed by atoms with Gasteiger partial charge in [-0.25, -0.2) is 18.7 Å². The molecule has 0 amide bonds. The molecule has 7 rings (SSSR count). The highest BCUT2D eigenvalue weighted by atomic mass is 79.9. The molecule has 70 heavy (non-hydrogen) atoms. The molecule has 0 N–H and O–H groups in total. The van der Waals surface area contributed by atoms with Gasteiger partial charge in [-0.3, -0.25) is 8.80 Å². The first-order valence-electron chi connectivity index (χ1n) is 19.9. The summed E-state index contributed by atoms with van der Waals surface area (Å²) in [6, 6.07) is 7.99. The SMILES string of the molecule is C.C.CCOC(F)(F)c1nnc2ccc(-c3cnc(O[C@@H](C)C(F)(F)F)c(F)c3)cn12.CCOC(F)(F)c1nnc2ccc(Br)cn12.C[C@H](Oc1ncc(B2OC(C)(C)C(C)(C)O2)cc1F)C(F)(F)F. The van der Waals surface area contributed by atoms with Crippen molar-refractivity contribution in [2.75, 3.05) is 13.2 Å². The number of rotatable bonds is 12. The Kier molecular flexibility index (Phi) is 18.9. The quantitative estimate of drug-likeness (QED) is 0.0850. The van der Waals surface area contributed by atoms with Crippen LogP contribution in [-0.4, -0.2) is 95.3 Å². The molecule has 1 aliphatic heterocycles. The minimum absolute atomic E-state index is 0. The fraction of sp³-hybridized carbons (Fsp3) is 0.476. The Bertz CT molecular complexity index is 2670. The maximum Gasteiger partial charge on any atom is 0.496 e. The Hall–Kier alpha value is -5.32. The Labute approximate surface area is 402 Å². The molecule has 0 aliphatic carbocycles. The van der Waals surface area contributed by atoms with E-state index in [4.69, 9.17) is 9.31 Å². The molecular weight excluding hydrogens is 1030 g/mol. The van der Waals surface area contributed by atoms with Crippen molar-refractivity contribution < 1.29 is 80.9 Å². The van der Waals surface area contributed by atoms with E-state index in [-0.39, 0.29) is 50.3 Å². The Morgan fingerprint density at radius 1 is 0.629 bits per heavy atom. The van der Waals surface area contributed by atoms with Crippen molar-refractivity contribution in [1.82, 2.24) is 39.2 Å². The van der Waals surface area contributed by atoms with Gasteiger partial charge < -0.3 is 28.3 Å². The van der Waals surface area contributed by atoms with Gasteiger partial charge in [0.25, 0.3) is 11.8 Å². The van der Waals surface area contributed by atoms with E-state index in [0.717, 1.165) is 36.6 Å². The summed E-state index contributed by atoms with van der Waals surface area (Å²) in [6.07, 6.45) is -15.9. The zero-order chi connectivity index (χ0) is 50.8. The van der Waals surface area contributed by atoms with Crippen molar-refractivity contribution in [2.24, 2.45) is 0 Å². The molecule has 6 aromatic rings. The van der Waals surface area contributed by atoms with E-state index >= 15 is 0 Å². The summed E-state index contributed by atoms with van der Waals surface area (Å²) in [4.78, 5) is 7.18. The third-order valence-electron chi connectivity index (χ3n) is 9.93. The third-order valence-corrected chi connectivity index (χ3v) is 10.4. The van der Waals surface area contributed by atoms with Gasteiger partial charge in [-0.05, 0) is 108 Å². The number of hydrogen-bond acceptors (Lipinski definition) is 12. The fourth-order valence-electron chi connectivity index (χ4n) is 5.59. The lowest BCUT2D eigenvalue weighted by atomic mass is 9.80. The molecule has 0 saturated carbocycles. The van der Waals surface area contributed by atoms with Gasteiger partial charge >= 0.3 is 31.7 Å². The predicted octanol–water partition coefficient (Wildman–Crippen LogP) is 11.0. The van der Waals surface area contributed by atoms with E-state index < -0.39 is 90.1 Å².